The molecule has 1 aliphatic heterocycles. The highest BCUT2D eigenvalue weighted by molar-refractivity contribution is 7.10. The third-order valence-corrected chi connectivity index (χ3v) is 6.64. The average molecular weight is 375 g/mol. The first-order chi connectivity index (χ1) is 12.7. The van der Waals surface area contributed by atoms with Crippen LogP contribution in [0.15, 0.2) is 40.3 Å². The van der Waals surface area contributed by atoms with Gasteiger partial charge < -0.3 is 14.8 Å². The van der Waals surface area contributed by atoms with Crippen LogP contribution in [0, 0.1) is 11.8 Å². The van der Waals surface area contributed by atoms with Crippen molar-refractivity contribution in [1.29, 1.82) is 0 Å². The van der Waals surface area contributed by atoms with Gasteiger partial charge in [-0.3, -0.25) is 9.69 Å². The molecule has 0 radical (unpaired) electrons. The van der Waals surface area contributed by atoms with E-state index in [2.05, 4.69) is 21.7 Å². The average Bonchev–Trinajstić information content (AvgIpc) is 3.31. The maximum absolute atomic E-state index is 12.8. The lowest BCUT2D eigenvalue weighted by Crippen LogP contribution is -2.45. The van der Waals surface area contributed by atoms with E-state index in [1.165, 1.54) is 4.88 Å². The number of amides is 1. The molecule has 2 N–H and O–H groups in total. The minimum atomic E-state index is -0.204. The zero-order valence-electron chi connectivity index (χ0n) is 14.8. The van der Waals surface area contributed by atoms with E-state index in [1.807, 2.05) is 18.2 Å². The van der Waals surface area contributed by atoms with Gasteiger partial charge in [-0.2, -0.15) is 0 Å². The Kier molecular flexibility index (Phi) is 5.43. The first kappa shape index (κ1) is 17.8. The summed E-state index contributed by atoms with van der Waals surface area (Å²) in [6.45, 7) is 2.66. The number of piperidine rings is 1. The summed E-state index contributed by atoms with van der Waals surface area (Å²) in [6, 6.07) is 8.08. The first-order valence-corrected chi connectivity index (χ1v) is 10.3. The van der Waals surface area contributed by atoms with Crippen molar-refractivity contribution in [1.82, 2.24) is 10.2 Å². The van der Waals surface area contributed by atoms with Gasteiger partial charge in [-0.25, -0.2) is 0 Å². The van der Waals surface area contributed by atoms with Crippen LogP contribution in [0.3, 0.4) is 0 Å². The molecule has 1 saturated heterocycles. The van der Waals surface area contributed by atoms with Crippen LogP contribution in [0.5, 0.6) is 0 Å². The van der Waals surface area contributed by atoms with Gasteiger partial charge in [0.15, 0.2) is 0 Å². The van der Waals surface area contributed by atoms with E-state index >= 15 is 0 Å². The molecule has 2 aromatic rings. The van der Waals surface area contributed by atoms with Crippen molar-refractivity contribution >= 4 is 17.2 Å². The molecule has 2 aromatic heterocycles. The number of furan rings is 1. The largest absolute Gasteiger partial charge is 0.468 e. The molecule has 3 heterocycles. The van der Waals surface area contributed by atoms with E-state index in [4.69, 9.17) is 4.42 Å². The van der Waals surface area contributed by atoms with E-state index < -0.39 is 0 Å². The van der Waals surface area contributed by atoms with E-state index in [-0.39, 0.29) is 24.0 Å². The summed E-state index contributed by atoms with van der Waals surface area (Å²) in [4.78, 5) is 16.4. The number of hydrogen-bond donors (Lipinski definition) is 2. The van der Waals surface area contributed by atoms with E-state index in [0.717, 1.165) is 51.1 Å². The minimum Gasteiger partial charge on any atom is -0.468 e. The molecule has 26 heavy (non-hydrogen) atoms. The fraction of sp³-hybridized carbons (Fsp3) is 0.550. The number of nitrogens with zero attached hydrogens (tertiary/aromatic N) is 1. The third kappa shape index (κ3) is 4.03. The summed E-state index contributed by atoms with van der Waals surface area (Å²) in [5, 5.41) is 15.0. The Balaban J connectivity index is 1.31. The molecular weight excluding hydrogens is 348 g/mol. The molecule has 5 nitrogen and oxygen atoms in total. The highest BCUT2D eigenvalue weighted by atomic mass is 32.1. The lowest BCUT2D eigenvalue weighted by molar-refractivity contribution is -0.128. The van der Waals surface area contributed by atoms with Gasteiger partial charge in [0, 0.05) is 10.8 Å². The van der Waals surface area contributed by atoms with Gasteiger partial charge >= 0.3 is 0 Å². The number of carbonyl (C=O) groups is 1. The smallest absolute Gasteiger partial charge is 0.223 e. The van der Waals surface area contributed by atoms with E-state index in [1.54, 1.807) is 17.6 Å². The molecule has 0 unspecified atom stereocenters. The quantitative estimate of drug-likeness (QED) is 0.815. The van der Waals surface area contributed by atoms with Gasteiger partial charge in [0.2, 0.25) is 5.91 Å². The van der Waals surface area contributed by atoms with Crippen LogP contribution in [0.25, 0.3) is 0 Å². The Morgan fingerprint density at radius 1 is 1.31 bits per heavy atom. The van der Waals surface area contributed by atoms with Crippen molar-refractivity contribution in [2.75, 3.05) is 13.1 Å². The number of aliphatic hydroxyl groups is 1. The van der Waals surface area contributed by atoms with Crippen LogP contribution in [-0.2, 0) is 11.3 Å². The van der Waals surface area contributed by atoms with Crippen LogP contribution < -0.4 is 5.32 Å². The van der Waals surface area contributed by atoms with Crippen LogP contribution >= 0.6 is 11.3 Å². The summed E-state index contributed by atoms with van der Waals surface area (Å²) in [5.74, 6) is 1.58. The molecule has 0 spiro atoms. The van der Waals surface area contributed by atoms with Crippen LogP contribution in [0.4, 0.5) is 0 Å². The lowest BCUT2D eigenvalue weighted by Gasteiger charge is -2.39. The number of carbonyl (C=O) groups excluding carboxylic acids is 1. The predicted octanol–water partition coefficient (Wildman–Crippen LogP) is 3.18. The highest BCUT2D eigenvalue weighted by Crippen LogP contribution is 2.39. The number of hydrogen-bond acceptors (Lipinski definition) is 5. The molecule has 0 bridgehead atoms. The van der Waals surface area contributed by atoms with Crippen LogP contribution in [0.2, 0.25) is 0 Å². The number of nitrogens with one attached hydrogen (secondary N) is 1. The first-order valence-electron chi connectivity index (χ1n) is 9.45. The number of aliphatic hydroxyl groups excluding tert-OH is 1. The van der Waals surface area contributed by atoms with Crippen molar-refractivity contribution in [3.05, 3.63) is 46.5 Å². The Bertz CT molecular complexity index is 687. The SMILES string of the molecule is O=C(N[C@H](c1cccs1)C1CC(O)C1)C1CCN(Cc2ccco2)CC1. The van der Waals surface area contributed by atoms with Crippen molar-refractivity contribution in [2.24, 2.45) is 11.8 Å². The molecule has 4 rings (SSSR count). The van der Waals surface area contributed by atoms with Crippen molar-refractivity contribution in [3.63, 3.8) is 0 Å². The maximum Gasteiger partial charge on any atom is 0.223 e. The molecule has 140 valence electrons. The second kappa shape index (κ2) is 7.94. The Hall–Kier alpha value is -1.63. The topological polar surface area (TPSA) is 65.7 Å². The van der Waals surface area contributed by atoms with Crippen LogP contribution in [-0.4, -0.2) is 35.1 Å². The van der Waals surface area contributed by atoms with Gasteiger partial charge in [0.25, 0.3) is 0 Å². The molecule has 1 aliphatic carbocycles. The Morgan fingerprint density at radius 2 is 2.12 bits per heavy atom. The standard InChI is InChI=1S/C20H26N2O3S/c23-16-11-15(12-16)19(18-4-2-10-26-18)21-20(24)14-5-7-22(8-6-14)13-17-3-1-9-25-17/h1-4,9-10,14-16,19,23H,5-8,11-13H2,(H,21,24)/t15?,16?,19-/m0/s1. The van der Waals surface area contributed by atoms with Gasteiger partial charge in [-0.05, 0) is 68.3 Å². The zero-order valence-corrected chi connectivity index (χ0v) is 15.7. The molecular formula is C20H26N2O3S. The molecule has 1 saturated carbocycles. The van der Waals surface area contributed by atoms with Crippen molar-refractivity contribution in [3.8, 4) is 0 Å². The summed E-state index contributed by atoms with van der Waals surface area (Å²) < 4.78 is 5.42. The number of thiophene rings is 1. The van der Waals surface area contributed by atoms with Gasteiger partial charge in [0.05, 0.1) is 25.0 Å². The van der Waals surface area contributed by atoms with Crippen molar-refractivity contribution in [2.45, 2.75) is 44.4 Å². The fourth-order valence-corrected chi connectivity index (χ4v) is 4.91. The van der Waals surface area contributed by atoms with E-state index in [0.29, 0.717) is 5.92 Å². The molecule has 2 fully saturated rings. The van der Waals surface area contributed by atoms with Crippen molar-refractivity contribution < 1.29 is 14.3 Å². The van der Waals surface area contributed by atoms with Crippen LogP contribution in [0.1, 0.15) is 42.4 Å². The summed E-state index contributed by atoms with van der Waals surface area (Å²) in [6.07, 6.45) is 4.84. The monoisotopic (exact) mass is 374 g/mol. The molecule has 0 aromatic carbocycles. The number of likely N-dealkylation sites (tertiary alicyclic amines) is 1. The Morgan fingerprint density at radius 3 is 2.73 bits per heavy atom. The second-order valence-corrected chi connectivity index (χ2v) is 8.50. The lowest BCUT2D eigenvalue weighted by atomic mass is 9.76. The number of rotatable bonds is 6. The van der Waals surface area contributed by atoms with E-state index in [9.17, 15) is 9.90 Å². The highest BCUT2D eigenvalue weighted by Gasteiger charge is 2.37. The maximum atomic E-state index is 12.8. The van der Waals surface area contributed by atoms with Gasteiger partial charge in [-0.1, -0.05) is 6.07 Å². The normalized spacial score (nSPS) is 25.6. The minimum absolute atomic E-state index is 0.0482. The molecule has 2 aliphatic rings. The Labute approximate surface area is 158 Å². The third-order valence-electron chi connectivity index (χ3n) is 5.69. The summed E-state index contributed by atoms with van der Waals surface area (Å²) >= 11 is 1.69. The molecule has 6 heteroatoms. The molecule has 1 atom stereocenters. The fourth-order valence-electron chi connectivity index (χ4n) is 4.04. The zero-order chi connectivity index (χ0) is 17.9. The van der Waals surface area contributed by atoms with Gasteiger partial charge in [-0.15, -0.1) is 11.3 Å². The van der Waals surface area contributed by atoms with Gasteiger partial charge in [0.1, 0.15) is 5.76 Å². The summed E-state index contributed by atoms with van der Waals surface area (Å²) in [7, 11) is 0. The predicted molar refractivity (Wildman–Crippen MR) is 101 cm³/mol. The second-order valence-electron chi connectivity index (χ2n) is 7.52. The molecule has 1 amide bonds. The summed E-state index contributed by atoms with van der Waals surface area (Å²) in [5.41, 5.74) is 0.